The van der Waals surface area contributed by atoms with E-state index in [0.717, 1.165) is 6.42 Å². The van der Waals surface area contributed by atoms with Crippen LogP contribution in [0.3, 0.4) is 0 Å². The van der Waals surface area contributed by atoms with Gasteiger partial charge in [-0.05, 0) is 24.5 Å². The molecule has 2 amide bonds. The first-order valence-corrected chi connectivity index (χ1v) is 6.68. The van der Waals surface area contributed by atoms with Gasteiger partial charge in [-0.25, -0.2) is 4.79 Å². The second-order valence-corrected chi connectivity index (χ2v) is 5.03. The Balaban J connectivity index is 2.36. The molecule has 1 rings (SSSR count). The minimum Gasteiger partial charge on any atom is -0.481 e. The average molecular weight is 278 g/mol. The summed E-state index contributed by atoms with van der Waals surface area (Å²) >= 11 is 0. The third-order valence-electron chi connectivity index (χ3n) is 3.25. The Morgan fingerprint density at radius 1 is 1.35 bits per heavy atom. The number of carbonyl (C=O) groups is 2. The van der Waals surface area contributed by atoms with Gasteiger partial charge in [-0.1, -0.05) is 31.2 Å². The number of nitrogens with one attached hydrogen (secondary N) is 1. The fraction of sp³-hybridized carbons (Fsp3) is 0.467. The second-order valence-electron chi connectivity index (χ2n) is 5.03. The lowest BCUT2D eigenvalue weighted by atomic mass is 10.1. The summed E-state index contributed by atoms with van der Waals surface area (Å²) in [6, 6.07) is 7.80. The number of carboxylic acid groups (broad SMARTS) is 1. The molecule has 0 fully saturated rings. The molecule has 1 aromatic carbocycles. The Morgan fingerprint density at radius 3 is 2.60 bits per heavy atom. The zero-order valence-electron chi connectivity index (χ0n) is 12.2. The Kier molecular flexibility index (Phi) is 6.03. The van der Waals surface area contributed by atoms with Gasteiger partial charge in [0.25, 0.3) is 0 Å². The highest BCUT2D eigenvalue weighted by Gasteiger charge is 2.16. The maximum Gasteiger partial charge on any atom is 0.317 e. The molecule has 110 valence electrons. The summed E-state index contributed by atoms with van der Waals surface area (Å²) in [5, 5.41) is 11.6. The van der Waals surface area contributed by atoms with E-state index in [1.807, 2.05) is 31.2 Å². The molecule has 20 heavy (non-hydrogen) atoms. The second kappa shape index (κ2) is 7.53. The van der Waals surface area contributed by atoms with E-state index in [-0.39, 0.29) is 12.6 Å². The first-order chi connectivity index (χ1) is 9.41. The topological polar surface area (TPSA) is 69.6 Å². The lowest BCUT2D eigenvalue weighted by molar-refractivity contribution is -0.141. The van der Waals surface area contributed by atoms with Crippen LogP contribution in [0, 0.1) is 12.8 Å². The molecule has 0 aliphatic rings. The van der Waals surface area contributed by atoms with Crippen LogP contribution in [-0.4, -0.2) is 42.1 Å². The minimum atomic E-state index is -0.899. The maximum absolute atomic E-state index is 11.8. The van der Waals surface area contributed by atoms with Gasteiger partial charge in [-0.3, -0.25) is 4.79 Å². The normalized spacial score (nSPS) is 11.8. The number of amides is 2. The number of carboxylic acids is 1. The van der Waals surface area contributed by atoms with E-state index >= 15 is 0 Å². The third kappa shape index (κ3) is 4.91. The number of hydrogen-bond acceptors (Lipinski definition) is 2. The summed E-state index contributed by atoms with van der Waals surface area (Å²) in [7, 11) is 1.60. The van der Waals surface area contributed by atoms with Crippen molar-refractivity contribution < 1.29 is 14.7 Å². The Labute approximate surface area is 119 Å². The van der Waals surface area contributed by atoms with Crippen LogP contribution in [0.2, 0.25) is 0 Å². The van der Waals surface area contributed by atoms with Crippen LogP contribution in [0.15, 0.2) is 24.3 Å². The molecule has 0 heterocycles. The van der Waals surface area contributed by atoms with Crippen LogP contribution in [0.5, 0.6) is 0 Å². The predicted molar refractivity (Wildman–Crippen MR) is 77.7 cm³/mol. The number of nitrogens with zero attached hydrogens (tertiary/aromatic N) is 1. The zero-order chi connectivity index (χ0) is 15.1. The molecule has 0 aromatic heterocycles. The molecule has 0 spiro atoms. The van der Waals surface area contributed by atoms with Crippen LogP contribution in [-0.2, 0) is 11.2 Å². The smallest absolute Gasteiger partial charge is 0.317 e. The molecule has 1 atom stereocenters. The number of aliphatic carboxylic acids is 1. The monoisotopic (exact) mass is 278 g/mol. The van der Waals surface area contributed by atoms with Crippen LogP contribution in [0.25, 0.3) is 0 Å². The fourth-order valence-corrected chi connectivity index (χ4v) is 1.90. The lowest BCUT2D eigenvalue weighted by Crippen LogP contribution is -2.41. The van der Waals surface area contributed by atoms with Crippen molar-refractivity contribution in [3.05, 3.63) is 35.4 Å². The molecule has 5 heteroatoms. The molecule has 1 aromatic rings. The molecule has 0 radical (unpaired) electrons. The van der Waals surface area contributed by atoms with Gasteiger partial charge >= 0.3 is 12.0 Å². The van der Waals surface area contributed by atoms with Crippen molar-refractivity contribution in [3.8, 4) is 0 Å². The van der Waals surface area contributed by atoms with Gasteiger partial charge < -0.3 is 15.3 Å². The molecule has 2 N–H and O–H groups in total. The van der Waals surface area contributed by atoms with Gasteiger partial charge in [0, 0.05) is 20.1 Å². The van der Waals surface area contributed by atoms with Gasteiger partial charge in [0.05, 0.1) is 5.92 Å². The van der Waals surface area contributed by atoms with E-state index in [0.29, 0.717) is 6.54 Å². The first-order valence-electron chi connectivity index (χ1n) is 6.68. The number of rotatable bonds is 6. The highest BCUT2D eigenvalue weighted by molar-refractivity contribution is 5.75. The van der Waals surface area contributed by atoms with Gasteiger partial charge in [0.2, 0.25) is 0 Å². The molecule has 0 aliphatic heterocycles. The van der Waals surface area contributed by atoms with Crippen LogP contribution in [0.1, 0.15) is 18.1 Å². The van der Waals surface area contributed by atoms with Crippen LogP contribution >= 0.6 is 0 Å². The van der Waals surface area contributed by atoms with Crippen LogP contribution < -0.4 is 5.32 Å². The molecule has 5 nitrogen and oxygen atoms in total. The standard InChI is InChI=1S/C15H22N2O3/c1-11-6-4-5-7-13(11)8-9-16-15(20)17(3)10-12(2)14(18)19/h4-7,12H,8-10H2,1-3H3,(H,16,20)(H,18,19). The van der Waals surface area contributed by atoms with E-state index in [2.05, 4.69) is 5.32 Å². The quantitative estimate of drug-likeness (QED) is 0.835. The third-order valence-corrected chi connectivity index (χ3v) is 3.25. The molecule has 0 saturated heterocycles. The zero-order valence-corrected chi connectivity index (χ0v) is 12.2. The van der Waals surface area contributed by atoms with Crippen LogP contribution in [0.4, 0.5) is 4.79 Å². The summed E-state index contributed by atoms with van der Waals surface area (Å²) in [4.78, 5) is 23.9. The molecule has 1 unspecified atom stereocenters. The average Bonchev–Trinajstić information content (AvgIpc) is 2.40. The van der Waals surface area contributed by atoms with E-state index in [4.69, 9.17) is 5.11 Å². The maximum atomic E-state index is 11.8. The SMILES string of the molecule is Cc1ccccc1CCNC(=O)N(C)CC(C)C(=O)O. The Morgan fingerprint density at radius 2 is 2.00 bits per heavy atom. The molecule has 0 saturated carbocycles. The number of benzene rings is 1. The van der Waals surface area contributed by atoms with Gasteiger partial charge in [0.15, 0.2) is 0 Å². The van der Waals surface area contributed by atoms with Gasteiger partial charge in [0.1, 0.15) is 0 Å². The van der Waals surface area contributed by atoms with Gasteiger partial charge in [-0.15, -0.1) is 0 Å². The number of carbonyl (C=O) groups excluding carboxylic acids is 1. The van der Waals surface area contributed by atoms with Crippen molar-refractivity contribution in [1.29, 1.82) is 0 Å². The number of hydrogen-bond donors (Lipinski definition) is 2. The Hall–Kier alpha value is -2.04. The van der Waals surface area contributed by atoms with Gasteiger partial charge in [-0.2, -0.15) is 0 Å². The summed E-state index contributed by atoms with van der Waals surface area (Å²) in [6.07, 6.45) is 0.765. The molecular weight excluding hydrogens is 256 g/mol. The van der Waals surface area contributed by atoms with E-state index in [9.17, 15) is 9.59 Å². The summed E-state index contributed by atoms with van der Waals surface area (Å²) in [5.41, 5.74) is 2.41. The van der Waals surface area contributed by atoms with Crippen molar-refractivity contribution in [3.63, 3.8) is 0 Å². The van der Waals surface area contributed by atoms with E-state index in [1.165, 1.54) is 16.0 Å². The van der Waals surface area contributed by atoms with Crippen molar-refractivity contribution in [1.82, 2.24) is 10.2 Å². The lowest BCUT2D eigenvalue weighted by Gasteiger charge is -2.20. The van der Waals surface area contributed by atoms with Crippen molar-refractivity contribution in [2.24, 2.45) is 5.92 Å². The summed E-state index contributed by atoms with van der Waals surface area (Å²) in [5.74, 6) is -1.47. The number of aryl methyl sites for hydroxylation is 1. The highest BCUT2D eigenvalue weighted by Crippen LogP contribution is 2.07. The van der Waals surface area contributed by atoms with E-state index in [1.54, 1.807) is 14.0 Å². The summed E-state index contributed by atoms with van der Waals surface area (Å²) < 4.78 is 0. The van der Waals surface area contributed by atoms with Crippen molar-refractivity contribution in [2.75, 3.05) is 20.1 Å². The fourth-order valence-electron chi connectivity index (χ4n) is 1.90. The van der Waals surface area contributed by atoms with Crippen molar-refractivity contribution in [2.45, 2.75) is 20.3 Å². The van der Waals surface area contributed by atoms with E-state index < -0.39 is 11.9 Å². The molecule has 0 aliphatic carbocycles. The molecule has 0 bridgehead atoms. The largest absolute Gasteiger partial charge is 0.481 e. The minimum absolute atomic E-state index is 0.200. The first kappa shape index (κ1) is 16.0. The van der Waals surface area contributed by atoms with Crippen molar-refractivity contribution >= 4 is 12.0 Å². The molecular formula is C15H22N2O3. The highest BCUT2D eigenvalue weighted by atomic mass is 16.4. The summed E-state index contributed by atoms with van der Waals surface area (Å²) in [6.45, 7) is 4.36. The predicted octanol–water partition coefficient (Wildman–Crippen LogP) is 1.90. The Bertz CT molecular complexity index is 474. The number of urea groups is 1.